The zero-order chi connectivity index (χ0) is 14.7. The Hall–Kier alpha value is -1.23. The maximum atomic E-state index is 10.5. The van der Waals surface area contributed by atoms with Gasteiger partial charge in [-0.25, -0.2) is 0 Å². The zero-order valence-electron chi connectivity index (χ0n) is 11.1. The van der Waals surface area contributed by atoms with Crippen LogP contribution in [0.2, 0.25) is 5.02 Å². The summed E-state index contributed by atoms with van der Waals surface area (Å²) in [4.78, 5) is 0. The van der Waals surface area contributed by atoms with Crippen LogP contribution in [0.1, 0.15) is 17.2 Å². The van der Waals surface area contributed by atoms with Crippen molar-refractivity contribution < 1.29 is 14.6 Å². The molecule has 0 saturated carbocycles. The van der Waals surface area contributed by atoms with Crippen LogP contribution in [-0.2, 0) is 0 Å². The van der Waals surface area contributed by atoms with Crippen LogP contribution < -0.4 is 9.47 Å². The van der Waals surface area contributed by atoms with Crippen LogP contribution in [-0.4, -0.2) is 19.3 Å². The fraction of sp³-hybridized carbons (Fsp3) is 0.200. The molecule has 1 unspecified atom stereocenters. The fourth-order valence-electron chi connectivity index (χ4n) is 1.93. The number of methoxy groups -OCH3 is 2. The third-order valence-electron chi connectivity index (χ3n) is 2.98. The van der Waals surface area contributed by atoms with E-state index in [1.807, 2.05) is 6.07 Å². The summed E-state index contributed by atoms with van der Waals surface area (Å²) >= 11 is 9.40. The van der Waals surface area contributed by atoms with E-state index in [0.29, 0.717) is 27.6 Å². The quantitative estimate of drug-likeness (QED) is 0.891. The van der Waals surface area contributed by atoms with Crippen LogP contribution in [0.5, 0.6) is 11.5 Å². The zero-order valence-corrected chi connectivity index (χ0v) is 13.4. The number of benzene rings is 2. The van der Waals surface area contributed by atoms with Gasteiger partial charge in [-0.2, -0.15) is 0 Å². The summed E-state index contributed by atoms with van der Waals surface area (Å²) in [6, 6.07) is 10.6. The first kappa shape index (κ1) is 15.2. The number of rotatable bonds is 4. The highest BCUT2D eigenvalue weighted by Gasteiger charge is 2.16. The summed E-state index contributed by atoms with van der Waals surface area (Å²) in [5, 5.41) is 11.1. The van der Waals surface area contributed by atoms with Gasteiger partial charge in [0.25, 0.3) is 0 Å². The summed E-state index contributed by atoms with van der Waals surface area (Å²) in [7, 11) is 3.13. The van der Waals surface area contributed by atoms with Crippen LogP contribution in [0.3, 0.4) is 0 Å². The topological polar surface area (TPSA) is 38.7 Å². The van der Waals surface area contributed by atoms with Crippen molar-refractivity contribution in [2.75, 3.05) is 14.2 Å². The standard InChI is InChI=1S/C15H14BrClO3/c1-19-13-6-3-9(7-14(13)20-2)15(18)11-8-10(17)4-5-12(11)16/h3-8,15,18H,1-2H3. The minimum atomic E-state index is -0.803. The normalized spacial score (nSPS) is 12.1. The van der Waals surface area contributed by atoms with E-state index in [9.17, 15) is 5.11 Å². The second-order valence-corrected chi connectivity index (χ2v) is 5.47. The Morgan fingerprint density at radius 1 is 1.05 bits per heavy atom. The predicted molar refractivity (Wildman–Crippen MR) is 82.8 cm³/mol. The lowest BCUT2D eigenvalue weighted by atomic mass is 10.0. The van der Waals surface area contributed by atoms with E-state index >= 15 is 0 Å². The van der Waals surface area contributed by atoms with E-state index < -0.39 is 6.10 Å². The van der Waals surface area contributed by atoms with Crippen molar-refractivity contribution in [3.8, 4) is 11.5 Å². The smallest absolute Gasteiger partial charge is 0.161 e. The first-order valence-electron chi connectivity index (χ1n) is 5.91. The first-order chi connectivity index (χ1) is 9.56. The highest BCUT2D eigenvalue weighted by Crippen LogP contribution is 2.35. The minimum absolute atomic E-state index is 0.571. The molecule has 2 aromatic rings. The Morgan fingerprint density at radius 2 is 1.75 bits per heavy atom. The highest BCUT2D eigenvalue weighted by molar-refractivity contribution is 9.10. The predicted octanol–water partition coefficient (Wildman–Crippen LogP) is 4.20. The van der Waals surface area contributed by atoms with Gasteiger partial charge in [0, 0.05) is 15.1 Å². The minimum Gasteiger partial charge on any atom is -0.493 e. The molecule has 0 aromatic heterocycles. The number of halogens is 2. The van der Waals surface area contributed by atoms with Gasteiger partial charge in [0.15, 0.2) is 11.5 Å². The van der Waals surface area contributed by atoms with Gasteiger partial charge in [-0.1, -0.05) is 33.6 Å². The molecular weight excluding hydrogens is 344 g/mol. The summed E-state index contributed by atoms with van der Waals surface area (Å²) in [6.07, 6.45) is -0.803. The van der Waals surface area contributed by atoms with Gasteiger partial charge < -0.3 is 14.6 Å². The fourth-order valence-corrected chi connectivity index (χ4v) is 2.57. The van der Waals surface area contributed by atoms with Crippen molar-refractivity contribution in [2.45, 2.75) is 6.10 Å². The third-order valence-corrected chi connectivity index (χ3v) is 3.93. The lowest BCUT2D eigenvalue weighted by molar-refractivity contribution is 0.218. The molecule has 0 radical (unpaired) electrons. The summed E-state index contributed by atoms with van der Waals surface area (Å²) in [5.74, 6) is 1.19. The van der Waals surface area contributed by atoms with Crippen molar-refractivity contribution in [3.63, 3.8) is 0 Å². The lowest BCUT2D eigenvalue weighted by Crippen LogP contribution is -2.02. The number of hydrogen-bond donors (Lipinski definition) is 1. The third kappa shape index (κ3) is 3.08. The molecule has 0 amide bonds. The summed E-state index contributed by atoms with van der Waals surface area (Å²) in [6.45, 7) is 0. The van der Waals surface area contributed by atoms with Crippen molar-refractivity contribution in [3.05, 3.63) is 57.0 Å². The molecule has 106 valence electrons. The molecule has 1 N–H and O–H groups in total. The van der Waals surface area contributed by atoms with Crippen molar-refractivity contribution in [1.82, 2.24) is 0 Å². The number of hydrogen-bond acceptors (Lipinski definition) is 3. The number of aliphatic hydroxyl groups excluding tert-OH is 1. The Morgan fingerprint density at radius 3 is 2.40 bits per heavy atom. The van der Waals surface area contributed by atoms with E-state index in [-0.39, 0.29) is 0 Å². The molecule has 0 heterocycles. The van der Waals surface area contributed by atoms with Gasteiger partial charge in [-0.15, -0.1) is 0 Å². The lowest BCUT2D eigenvalue weighted by Gasteiger charge is -2.16. The van der Waals surface area contributed by atoms with Gasteiger partial charge in [0.05, 0.1) is 14.2 Å². The van der Waals surface area contributed by atoms with Crippen LogP contribution in [0.4, 0.5) is 0 Å². The highest BCUT2D eigenvalue weighted by atomic mass is 79.9. The Labute approximate surface area is 131 Å². The number of aliphatic hydroxyl groups is 1. The van der Waals surface area contributed by atoms with Gasteiger partial charge in [-0.05, 0) is 35.9 Å². The molecular formula is C15H14BrClO3. The molecule has 5 heteroatoms. The van der Waals surface area contributed by atoms with Gasteiger partial charge in [0.1, 0.15) is 6.10 Å². The molecule has 2 rings (SSSR count). The average molecular weight is 358 g/mol. The molecule has 0 aliphatic carbocycles. The van der Waals surface area contributed by atoms with E-state index in [0.717, 1.165) is 4.47 Å². The number of ether oxygens (including phenoxy) is 2. The maximum Gasteiger partial charge on any atom is 0.161 e. The maximum absolute atomic E-state index is 10.5. The average Bonchev–Trinajstić information content (AvgIpc) is 2.48. The summed E-state index contributed by atoms with van der Waals surface area (Å²) in [5.41, 5.74) is 1.40. The van der Waals surface area contributed by atoms with E-state index in [2.05, 4.69) is 15.9 Å². The Kier molecular flexibility index (Phi) is 4.91. The molecule has 0 bridgehead atoms. The van der Waals surface area contributed by atoms with Gasteiger partial charge >= 0.3 is 0 Å². The van der Waals surface area contributed by atoms with Crippen LogP contribution in [0.15, 0.2) is 40.9 Å². The van der Waals surface area contributed by atoms with E-state index in [1.54, 1.807) is 44.6 Å². The largest absolute Gasteiger partial charge is 0.493 e. The molecule has 1 atom stereocenters. The van der Waals surface area contributed by atoms with Gasteiger partial charge in [-0.3, -0.25) is 0 Å². The van der Waals surface area contributed by atoms with E-state index in [1.165, 1.54) is 0 Å². The van der Waals surface area contributed by atoms with Crippen LogP contribution in [0, 0.1) is 0 Å². The second kappa shape index (κ2) is 6.48. The van der Waals surface area contributed by atoms with Crippen LogP contribution >= 0.6 is 27.5 Å². The molecule has 0 aliphatic heterocycles. The first-order valence-corrected chi connectivity index (χ1v) is 7.09. The van der Waals surface area contributed by atoms with Crippen molar-refractivity contribution >= 4 is 27.5 Å². The van der Waals surface area contributed by atoms with Crippen LogP contribution in [0.25, 0.3) is 0 Å². The SMILES string of the molecule is COc1ccc(C(O)c2cc(Cl)ccc2Br)cc1OC. The van der Waals surface area contributed by atoms with Gasteiger partial charge in [0.2, 0.25) is 0 Å². The molecule has 3 nitrogen and oxygen atoms in total. The second-order valence-electron chi connectivity index (χ2n) is 4.18. The molecule has 2 aromatic carbocycles. The molecule has 0 saturated heterocycles. The summed E-state index contributed by atoms with van der Waals surface area (Å²) < 4.78 is 11.2. The van der Waals surface area contributed by atoms with E-state index in [4.69, 9.17) is 21.1 Å². The molecule has 0 spiro atoms. The van der Waals surface area contributed by atoms with Crippen molar-refractivity contribution in [2.24, 2.45) is 0 Å². The molecule has 0 fully saturated rings. The molecule has 20 heavy (non-hydrogen) atoms. The molecule has 0 aliphatic rings. The Bertz CT molecular complexity index is 616. The Balaban J connectivity index is 2.42. The monoisotopic (exact) mass is 356 g/mol. The van der Waals surface area contributed by atoms with Crippen molar-refractivity contribution in [1.29, 1.82) is 0 Å².